The summed E-state index contributed by atoms with van der Waals surface area (Å²) in [6.07, 6.45) is 1.09. The maximum Gasteiger partial charge on any atom is 0.240 e. The van der Waals surface area contributed by atoms with Crippen molar-refractivity contribution in [2.45, 2.75) is 62.3 Å². The van der Waals surface area contributed by atoms with Crippen LogP contribution in [0.3, 0.4) is 0 Å². The summed E-state index contributed by atoms with van der Waals surface area (Å²) in [5.41, 5.74) is 3.44. The second-order valence-electron chi connectivity index (χ2n) is 8.64. The summed E-state index contributed by atoms with van der Waals surface area (Å²) in [6, 6.07) is 14.2. The lowest BCUT2D eigenvalue weighted by molar-refractivity contribution is -0.140. The van der Waals surface area contributed by atoms with Crippen molar-refractivity contribution in [2.24, 2.45) is 0 Å². The van der Waals surface area contributed by atoms with Gasteiger partial charge in [-0.2, -0.15) is 0 Å². The molecule has 3 atom stereocenters. The standard InChI is InChI=1S/C24H30N2O5S/c1-17-6-9-21(10-7-17)32(29,30)25-22-11-8-20(31-23(22)16-27)14-24(28)26-13-12-18-4-2-3-5-19(18)15-26/h2-7,9-10,20,22-23,25,27H,8,11-16H2,1H3/t20-,22+,23+/m0/s1. The number of carbonyl (C=O) groups excluding carboxylic acids is 1. The molecular weight excluding hydrogens is 428 g/mol. The van der Waals surface area contributed by atoms with Gasteiger partial charge in [0.2, 0.25) is 15.9 Å². The minimum Gasteiger partial charge on any atom is -0.394 e. The molecule has 7 nitrogen and oxygen atoms in total. The van der Waals surface area contributed by atoms with Crippen LogP contribution < -0.4 is 4.72 Å². The molecule has 172 valence electrons. The van der Waals surface area contributed by atoms with E-state index < -0.39 is 22.2 Å². The first kappa shape index (κ1) is 22.9. The molecule has 2 aromatic rings. The number of nitrogens with one attached hydrogen (secondary N) is 1. The highest BCUT2D eigenvalue weighted by molar-refractivity contribution is 7.89. The van der Waals surface area contributed by atoms with Gasteiger partial charge in [-0.1, -0.05) is 42.0 Å². The van der Waals surface area contributed by atoms with E-state index in [0.29, 0.717) is 25.9 Å². The predicted molar refractivity (Wildman–Crippen MR) is 120 cm³/mol. The van der Waals surface area contributed by atoms with Gasteiger partial charge < -0.3 is 14.7 Å². The molecule has 1 amide bonds. The number of hydrogen-bond acceptors (Lipinski definition) is 5. The number of aliphatic hydroxyl groups excluding tert-OH is 1. The molecule has 2 aliphatic rings. The zero-order valence-corrected chi connectivity index (χ0v) is 19.1. The monoisotopic (exact) mass is 458 g/mol. The molecule has 2 aliphatic heterocycles. The van der Waals surface area contributed by atoms with Crippen LogP contribution in [0, 0.1) is 6.92 Å². The highest BCUT2D eigenvalue weighted by Gasteiger charge is 2.35. The lowest BCUT2D eigenvalue weighted by atomic mass is 9.96. The quantitative estimate of drug-likeness (QED) is 0.692. The van der Waals surface area contributed by atoms with Gasteiger partial charge in [-0.15, -0.1) is 0 Å². The molecule has 1 fully saturated rings. The maximum atomic E-state index is 12.9. The number of rotatable bonds is 6. The Morgan fingerprint density at radius 2 is 1.84 bits per heavy atom. The third kappa shape index (κ3) is 5.20. The number of amides is 1. The minimum atomic E-state index is -3.72. The number of hydrogen-bond donors (Lipinski definition) is 2. The van der Waals surface area contributed by atoms with E-state index in [-0.39, 0.29) is 29.9 Å². The van der Waals surface area contributed by atoms with E-state index in [1.807, 2.05) is 24.0 Å². The normalized spacial score (nSPS) is 23.6. The van der Waals surface area contributed by atoms with Crippen molar-refractivity contribution in [1.29, 1.82) is 0 Å². The average molecular weight is 459 g/mol. The summed E-state index contributed by atoms with van der Waals surface area (Å²) >= 11 is 0. The average Bonchev–Trinajstić information content (AvgIpc) is 2.79. The van der Waals surface area contributed by atoms with Gasteiger partial charge in [0, 0.05) is 13.1 Å². The van der Waals surface area contributed by atoms with Crippen LogP contribution in [0.4, 0.5) is 0 Å². The first-order chi connectivity index (χ1) is 15.4. The number of aliphatic hydroxyl groups is 1. The fourth-order valence-corrected chi connectivity index (χ4v) is 5.73. The Balaban J connectivity index is 1.34. The summed E-state index contributed by atoms with van der Waals surface area (Å²) in [5, 5.41) is 9.82. The van der Waals surface area contributed by atoms with Crippen LogP contribution >= 0.6 is 0 Å². The van der Waals surface area contributed by atoms with Crippen LogP contribution in [0.25, 0.3) is 0 Å². The van der Waals surface area contributed by atoms with Gasteiger partial charge in [-0.05, 0) is 49.4 Å². The Morgan fingerprint density at radius 1 is 1.12 bits per heavy atom. The summed E-state index contributed by atoms with van der Waals surface area (Å²) in [7, 11) is -3.72. The van der Waals surface area contributed by atoms with Crippen LogP contribution in [0.2, 0.25) is 0 Å². The molecule has 32 heavy (non-hydrogen) atoms. The van der Waals surface area contributed by atoms with Gasteiger partial charge in [-0.3, -0.25) is 4.79 Å². The van der Waals surface area contributed by atoms with E-state index in [0.717, 1.165) is 12.0 Å². The number of benzene rings is 2. The maximum absolute atomic E-state index is 12.9. The lowest BCUT2D eigenvalue weighted by Gasteiger charge is -2.37. The largest absolute Gasteiger partial charge is 0.394 e. The van der Waals surface area contributed by atoms with Crippen LogP contribution in [0.1, 0.15) is 36.0 Å². The summed E-state index contributed by atoms with van der Waals surface area (Å²) in [6.45, 7) is 2.86. The second-order valence-corrected chi connectivity index (χ2v) is 10.3. The van der Waals surface area contributed by atoms with E-state index >= 15 is 0 Å². The second kappa shape index (κ2) is 9.70. The van der Waals surface area contributed by atoms with Crippen LogP contribution in [0.5, 0.6) is 0 Å². The first-order valence-electron chi connectivity index (χ1n) is 11.1. The number of sulfonamides is 1. The Bertz CT molecular complexity index is 1050. The highest BCUT2D eigenvalue weighted by atomic mass is 32.2. The molecule has 0 bridgehead atoms. The first-order valence-corrected chi connectivity index (χ1v) is 12.5. The molecule has 0 unspecified atom stereocenters. The zero-order chi connectivity index (χ0) is 22.7. The number of carbonyl (C=O) groups is 1. The molecule has 0 radical (unpaired) electrons. The Kier molecular flexibility index (Phi) is 6.95. The molecule has 2 N–H and O–H groups in total. The minimum absolute atomic E-state index is 0.0277. The van der Waals surface area contributed by atoms with Crippen molar-refractivity contribution in [1.82, 2.24) is 9.62 Å². The lowest BCUT2D eigenvalue weighted by Crippen LogP contribution is -2.51. The molecule has 0 saturated carbocycles. The van der Waals surface area contributed by atoms with E-state index in [1.165, 1.54) is 11.1 Å². The zero-order valence-electron chi connectivity index (χ0n) is 18.2. The van der Waals surface area contributed by atoms with Gasteiger partial charge >= 0.3 is 0 Å². The fourth-order valence-electron chi connectivity index (χ4n) is 4.43. The van der Waals surface area contributed by atoms with Crippen molar-refractivity contribution in [3.05, 3.63) is 65.2 Å². The highest BCUT2D eigenvalue weighted by Crippen LogP contribution is 2.26. The smallest absolute Gasteiger partial charge is 0.240 e. The van der Waals surface area contributed by atoms with Gasteiger partial charge in [0.25, 0.3) is 0 Å². The fraction of sp³-hybridized carbons (Fsp3) is 0.458. The van der Waals surface area contributed by atoms with Crippen molar-refractivity contribution in [3.63, 3.8) is 0 Å². The molecular formula is C24H30N2O5S. The summed E-state index contributed by atoms with van der Waals surface area (Å²) in [4.78, 5) is 14.9. The Morgan fingerprint density at radius 3 is 2.56 bits per heavy atom. The van der Waals surface area contributed by atoms with E-state index in [2.05, 4.69) is 16.9 Å². The Hall–Kier alpha value is -2.26. The van der Waals surface area contributed by atoms with Crippen molar-refractivity contribution in [3.8, 4) is 0 Å². The molecule has 0 spiro atoms. The summed E-state index contributed by atoms with van der Waals surface area (Å²) < 4.78 is 34.1. The molecule has 2 heterocycles. The molecule has 8 heteroatoms. The predicted octanol–water partition coefficient (Wildman–Crippen LogP) is 2.16. The molecule has 1 saturated heterocycles. The van der Waals surface area contributed by atoms with Crippen molar-refractivity contribution >= 4 is 15.9 Å². The number of ether oxygens (including phenoxy) is 1. The molecule has 2 aromatic carbocycles. The molecule has 0 aromatic heterocycles. The number of fused-ring (bicyclic) bond motifs is 1. The van der Waals surface area contributed by atoms with Gasteiger partial charge in [0.1, 0.15) is 0 Å². The van der Waals surface area contributed by atoms with E-state index in [9.17, 15) is 18.3 Å². The van der Waals surface area contributed by atoms with Crippen LogP contribution in [0.15, 0.2) is 53.4 Å². The van der Waals surface area contributed by atoms with E-state index in [4.69, 9.17) is 4.74 Å². The molecule has 4 rings (SSSR count). The van der Waals surface area contributed by atoms with Crippen LogP contribution in [-0.2, 0) is 32.5 Å². The topological polar surface area (TPSA) is 95.9 Å². The van der Waals surface area contributed by atoms with Crippen LogP contribution in [-0.4, -0.2) is 55.7 Å². The Labute approximate surface area is 189 Å². The van der Waals surface area contributed by atoms with E-state index in [1.54, 1.807) is 24.3 Å². The molecule has 0 aliphatic carbocycles. The third-order valence-corrected chi connectivity index (χ3v) is 7.82. The van der Waals surface area contributed by atoms with Gasteiger partial charge in [-0.25, -0.2) is 13.1 Å². The van der Waals surface area contributed by atoms with Crippen molar-refractivity contribution < 1.29 is 23.1 Å². The van der Waals surface area contributed by atoms with Gasteiger partial charge in [0.15, 0.2) is 0 Å². The van der Waals surface area contributed by atoms with Gasteiger partial charge in [0.05, 0.1) is 36.2 Å². The summed E-state index contributed by atoms with van der Waals surface area (Å²) in [5.74, 6) is 0.0277. The number of aryl methyl sites for hydroxylation is 1. The third-order valence-electron chi connectivity index (χ3n) is 6.32. The SMILES string of the molecule is Cc1ccc(S(=O)(=O)N[C@@H]2CC[C@@H](CC(=O)N3CCc4ccccc4C3)O[C@@H]2CO)cc1. The number of nitrogens with zero attached hydrogens (tertiary/aromatic N) is 1. The van der Waals surface area contributed by atoms with Crippen molar-refractivity contribution in [2.75, 3.05) is 13.2 Å².